The van der Waals surface area contributed by atoms with Gasteiger partial charge < -0.3 is 10.2 Å². The van der Waals surface area contributed by atoms with Gasteiger partial charge in [-0.1, -0.05) is 18.6 Å². The summed E-state index contributed by atoms with van der Waals surface area (Å²) in [6.45, 7) is 4.97. The maximum atomic E-state index is 13.7. The van der Waals surface area contributed by atoms with Gasteiger partial charge in [-0.15, -0.1) is 10.2 Å². The standard InChI is InChI=1S/C23H25F3N6O/c1-15-6-7-18(32-12-4-10-28-32)17(13-15)22(33)31-11-3-5-16(2)19(31)14-27-21-9-8-20(29-30-21)23(24,25)26/h4,6-10,12-13,16,19H,3,5,11,14H2,1-2H3,(H,27,30)/t16-,19?/m1/s1. The van der Waals surface area contributed by atoms with E-state index in [9.17, 15) is 18.0 Å². The van der Waals surface area contributed by atoms with Crippen molar-refractivity contribution >= 4 is 11.7 Å². The zero-order chi connectivity index (χ0) is 23.6. The summed E-state index contributed by atoms with van der Waals surface area (Å²) in [6.07, 6.45) is 0.755. The second-order valence-electron chi connectivity index (χ2n) is 8.34. The fourth-order valence-corrected chi connectivity index (χ4v) is 4.19. The van der Waals surface area contributed by atoms with Gasteiger partial charge >= 0.3 is 6.18 Å². The normalized spacial score (nSPS) is 18.9. The summed E-state index contributed by atoms with van der Waals surface area (Å²) < 4.78 is 39.9. The summed E-state index contributed by atoms with van der Waals surface area (Å²) in [4.78, 5) is 15.5. The Labute approximate surface area is 189 Å². The summed E-state index contributed by atoms with van der Waals surface area (Å²) >= 11 is 0. The second kappa shape index (κ2) is 9.21. The highest BCUT2D eigenvalue weighted by Gasteiger charge is 2.34. The van der Waals surface area contributed by atoms with Crippen molar-refractivity contribution in [2.45, 2.75) is 38.9 Å². The predicted molar refractivity (Wildman–Crippen MR) is 117 cm³/mol. The van der Waals surface area contributed by atoms with E-state index in [2.05, 4.69) is 27.5 Å². The van der Waals surface area contributed by atoms with Crippen LogP contribution in [0.4, 0.5) is 19.0 Å². The van der Waals surface area contributed by atoms with Crippen LogP contribution in [0.5, 0.6) is 0 Å². The Balaban J connectivity index is 1.55. The molecule has 3 heterocycles. The minimum atomic E-state index is -4.53. The third kappa shape index (κ3) is 4.99. The number of piperidine rings is 1. The van der Waals surface area contributed by atoms with Crippen molar-refractivity contribution < 1.29 is 18.0 Å². The molecule has 7 nitrogen and oxygen atoms in total. The van der Waals surface area contributed by atoms with E-state index in [1.807, 2.05) is 30.0 Å². The van der Waals surface area contributed by atoms with E-state index in [1.54, 1.807) is 23.1 Å². The molecule has 1 N–H and O–H groups in total. The second-order valence-corrected chi connectivity index (χ2v) is 8.34. The molecule has 10 heteroatoms. The number of rotatable bonds is 5. The zero-order valence-electron chi connectivity index (χ0n) is 18.4. The number of amides is 1. The first-order valence-electron chi connectivity index (χ1n) is 10.8. The number of hydrogen-bond donors (Lipinski definition) is 1. The lowest BCUT2D eigenvalue weighted by molar-refractivity contribution is -0.141. The number of nitrogens with zero attached hydrogens (tertiary/aromatic N) is 5. The first kappa shape index (κ1) is 22.8. The van der Waals surface area contributed by atoms with Gasteiger partial charge in [0.25, 0.3) is 5.91 Å². The van der Waals surface area contributed by atoms with Gasteiger partial charge in [-0.3, -0.25) is 4.79 Å². The molecule has 1 aliphatic heterocycles. The highest BCUT2D eigenvalue weighted by atomic mass is 19.4. The average molecular weight is 458 g/mol. The number of anilines is 1. The van der Waals surface area contributed by atoms with E-state index in [4.69, 9.17) is 0 Å². The first-order valence-corrected chi connectivity index (χ1v) is 10.8. The summed E-state index contributed by atoms with van der Waals surface area (Å²) in [5, 5.41) is 14.2. The smallest absolute Gasteiger partial charge is 0.367 e. The molecule has 1 amide bonds. The first-order chi connectivity index (χ1) is 15.7. The van der Waals surface area contributed by atoms with Gasteiger partial charge in [0.2, 0.25) is 0 Å². The van der Waals surface area contributed by atoms with Crippen molar-refractivity contribution in [3.8, 4) is 5.69 Å². The summed E-state index contributed by atoms with van der Waals surface area (Å²) in [7, 11) is 0. The number of aryl methyl sites for hydroxylation is 1. The van der Waals surface area contributed by atoms with E-state index in [0.717, 1.165) is 24.5 Å². The molecule has 1 aliphatic rings. The van der Waals surface area contributed by atoms with E-state index < -0.39 is 11.9 Å². The Bertz CT molecular complexity index is 1100. The SMILES string of the molecule is Cc1ccc(-n2cccn2)c(C(=O)N2CCC[C@@H](C)C2CNc2ccc(C(F)(F)F)nn2)c1. The van der Waals surface area contributed by atoms with Crippen molar-refractivity contribution in [1.29, 1.82) is 0 Å². The van der Waals surface area contributed by atoms with Crippen LogP contribution in [0.25, 0.3) is 5.69 Å². The molecular formula is C23H25F3N6O. The van der Waals surface area contributed by atoms with Crippen LogP contribution in [-0.4, -0.2) is 49.9 Å². The number of likely N-dealkylation sites (tertiary alicyclic amines) is 1. The molecule has 0 aliphatic carbocycles. The Morgan fingerprint density at radius 2 is 2.03 bits per heavy atom. The minimum absolute atomic E-state index is 0.0962. The molecule has 0 radical (unpaired) electrons. The van der Waals surface area contributed by atoms with Crippen LogP contribution in [-0.2, 0) is 6.18 Å². The summed E-state index contributed by atoms with van der Waals surface area (Å²) in [6, 6.07) is 9.49. The Hall–Kier alpha value is -3.43. The van der Waals surface area contributed by atoms with E-state index in [0.29, 0.717) is 24.3 Å². The largest absolute Gasteiger partial charge is 0.435 e. The third-order valence-electron chi connectivity index (χ3n) is 5.96. The van der Waals surface area contributed by atoms with Gasteiger partial charge in [-0.25, -0.2) is 4.68 Å². The molecule has 0 saturated carbocycles. The van der Waals surface area contributed by atoms with Gasteiger partial charge in [0.05, 0.1) is 17.3 Å². The van der Waals surface area contributed by atoms with E-state index in [1.165, 1.54) is 6.07 Å². The van der Waals surface area contributed by atoms with Crippen molar-refractivity contribution in [2.75, 3.05) is 18.4 Å². The molecule has 174 valence electrons. The number of benzene rings is 1. The maximum absolute atomic E-state index is 13.7. The molecule has 2 aromatic heterocycles. The van der Waals surface area contributed by atoms with Crippen LogP contribution in [0, 0.1) is 12.8 Å². The van der Waals surface area contributed by atoms with Crippen molar-refractivity contribution in [1.82, 2.24) is 24.9 Å². The van der Waals surface area contributed by atoms with E-state index >= 15 is 0 Å². The number of nitrogens with one attached hydrogen (secondary N) is 1. The Kier molecular flexibility index (Phi) is 6.35. The molecule has 0 bridgehead atoms. The van der Waals surface area contributed by atoms with Gasteiger partial charge in [-0.2, -0.15) is 18.3 Å². The molecule has 33 heavy (non-hydrogen) atoms. The molecule has 3 aromatic rings. The van der Waals surface area contributed by atoms with Crippen molar-refractivity contribution in [3.05, 3.63) is 65.6 Å². The van der Waals surface area contributed by atoms with Crippen LogP contribution in [0.15, 0.2) is 48.8 Å². The fraction of sp³-hybridized carbons (Fsp3) is 0.391. The highest BCUT2D eigenvalue weighted by molar-refractivity contribution is 5.98. The van der Waals surface area contributed by atoms with Crippen LogP contribution < -0.4 is 5.32 Å². The van der Waals surface area contributed by atoms with Crippen LogP contribution in [0.3, 0.4) is 0 Å². The quantitative estimate of drug-likeness (QED) is 0.616. The molecular weight excluding hydrogens is 433 g/mol. The van der Waals surface area contributed by atoms with Gasteiger partial charge in [-0.05, 0) is 56.0 Å². The lowest BCUT2D eigenvalue weighted by Crippen LogP contribution is -2.51. The highest BCUT2D eigenvalue weighted by Crippen LogP contribution is 2.29. The number of aromatic nitrogens is 4. The van der Waals surface area contributed by atoms with Crippen molar-refractivity contribution in [2.24, 2.45) is 5.92 Å². The molecule has 1 saturated heterocycles. The third-order valence-corrected chi connectivity index (χ3v) is 5.96. The monoisotopic (exact) mass is 458 g/mol. The predicted octanol–water partition coefficient (Wildman–Crippen LogP) is 4.34. The van der Waals surface area contributed by atoms with Crippen LogP contribution in [0.2, 0.25) is 0 Å². The average Bonchev–Trinajstić information content (AvgIpc) is 3.32. The van der Waals surface area contributed by atoms with Crippen LogP contribution >= 0.6 is 0 Å². The molecule has 1 unspecified atom stereocenters. The topological polar surface area (TPSA) is 75.9 Å². The minimum Gasteiger partial charge on any atom is -0.367 e. The number of hydrogen-bond acceptors (Lipinski definition) is 5. The molecule has 2 atom stereocenters. The number of halogens is 3. The van der Waals surface area contributed by atoms with Gasteiger partial charge in [0, 0.05) is 25.5 Å². The maximum Gasteiger partial charge on any atom is 0.435 e. The van der Waals surface area contributed by atoms with Gasteiger partial charge in [0.15, 0.2) is 5.69 Å². The zero-order valence-corrected chi connectivity index (χ0v) is 18.4. The number of carbonyl (C=O) groups excluding carboxylic acids is 1. The number of carbonyl (C=O) groups is 1. The molecule has 4 rings (SSSR count). The molecule has 1 aromatic carbocycles. The fourth-order valence-electron chi connectivity index (χ4n) is 4.19. The summed E-state index contributed by atoms with van der Waals surface area (Å²) in [5.74, 6) is 0.345. The Morgan fingerprint density at radius 3 is 2.70 bits per heavy atom. The lowest BCUT2D eigenvalue weighted by atomic mass is 9.89. The van der Waals surface area contributed by atoms with Crippen LogP contribution in [0.1, 0.15) is 41.4 Å². The Morgan fingerprint density at radius 1 is 1.21 bits per heavy atom. The van der Waals surface area contributed by atoms with Crippen molar-refractivity contribution in [3.63, 3.8) is 0 Å². The molecule has 1 fully saturated rings. The van der Waals surface area contributed by atoms with E-state index in [-0.39, 0.29) is 23.7 Å². The number of alkyl halides is 3. The molecule has 0 spiro atoms. The summed E-state index contributed by atoms with van der Waals surface area (Å²) in [5.41, 5.74) is 1.19. The van der Waals surface area contributed by atoms with Gasteiger partial charge in [0.1, 0.15) is 5.82 Å². The lowest BCUT2D eigenvalue weighted by Gasteiger charge is -2.40.